The molecule has 32 heavy (non-hydrogen) atoms. The molecule has 1 aliphatic heterocycles. The molecule has 0 radical (unpaired) electrons. The molecule has 3 aromatic rings. The van der Waals surface area contributed by atoms with E-state index >= 15 is 0 Å². The molecule has 1 saturated heterocycles. The predicted molar refractivity (Wildman–Crippen MR) is 125 cm³/mol. The minimum absolute atomic E-state index is 0.0941. The van der Waals surface area contributed by atoms with Crippen LogP contribution in [0.2, 0.25) is 0 Å². The summed E-state index contributed by atoms with van der Waals surface area (Å²) in [6, 6.07) is 18.2. The zero-order valence-electron chi connectivity index (χ0n) is 18.9. The Hall–Kier alpha value is -3.12. The fraction of sp³-hybridized carbons (Fsp3) is 0.385. The summed E-state index contributed by atoms with van der Waals surface area (Å²) in [4.78, 5) is 21.5. The van der Waals surface area contributed by atoms with Gasteiger partial charge in [0.2, 0.25) is 5.91 Å². The van der Waals surface area contributed by atoms with Gasteiger partial charge in [-0.1, -0.05) is 42.5 Å². The normalized spacial score (nSPS) is 15.6. The maximum absolute atomic E-state index is 13.2. The molecular formula is C26H31N3O3. The second-order valence-corrected chi connectivity index (χ2v) is 8.45. The highest BCUT2D eigenvalue weighted by molar-refractivity contribution is 5.76. The van der Waals surface area contributed by atoms with Crippen molar-refractivity contribution in [3.05, 3.63) is 72.2 Å². The zero-order valence-corrected chi connectivity index (χ0v) is 18.9. The molecule has 1 atom stereocenters. The van der Waals surface area contributed by atoms with Crippen molar-refractivity contribution in [2.75, 3.05) is 32.1 Å². The SMILES string of the molecule is CN(C)c1ccc(CN(CC2CCCO2)C(=O)CCc2ncc(-c3ccccc3)o2)cc1. The van der Waals surface area contributed by atoms with Crippen LogP contribution in [0.15, 0.2) is 65.2 Å². The number of hydrogen-bond donors (Lipinski definition) is 0. The van der Waals surface area contributed by atoms with Gasteiger partial charge in [0, 0.05) is 57.9 Å². The number of amides is 1. The summed E-state index contributed by atoms with van der Waals surface area (Å²) in [6.07, 6.45) is 4.74. The van der Waals surface area contributed by atoms with Crippen LogP contribution in [0.25, 0.3) is 11.3 Å². The van der Waals surface area contributed by atoms with Gasteiger partial charge in [-0.25, -0.2) is 4.98 Å². The second-order valence-electron chi connectivity index (χ2n) is 8.45. The van der Waals surface area contributed by atoms with E-state index in [0.29, 0.717) is 31.8 Å². The van der Waals surface area contributed by atoms with E-state index in [0.717, 1.165) is 42.0 Å². The van der Waals surface area contributed by atoms with Gasteiger partial charge in [0.1, 0.15) is 0 Å². The highest BCUT2D eigenvalue weighted by Gasteiger charge is 2.23. The van der Waals surface area contributed by atoms with Crippen molar-refractivity contribution in [1.29, 1.82) is 0 Å². The number of carbonyl (C=O) groups is 1. The summed E-state index contributed by atoms with van der Waals surface area (Å²) in [5.74, 6) is 1.41. The van der Waals surface area contributed by atoms with Gasteiger partial charge >= 0.3 is 0 Å². The molecule has 0 N–H and O–H groups in total. The van der Waals surface area contributed by atoms with Crippen molar-refractivity contribution < 1.29 is 13.9 Å². The number of carbonyl (C=O) groups excluding carboxylic acids is 1. The highest BCUT2D eigenvalue weighted by Crippen LogP contribution is 2.21. The lowest BCUT2D eigenvalue weighted by molar-refractivity contribution is -0.133. The lowest BCUT2D eigenvalue weighted by atomic mass is 10.1. The number of ether oxygens (including phenoxy) is 1. The van der Waals surface area contributed by atoms with Crippen molar-refractivity contribution in [3.63, 3.8) is 0 Å². The van der Waals surface area contributed by atoms with Crippen LogP contribution in [0, 0.1) is 0 Å². The van der Waals surface area contributed by atoms with E-state index in [2.05, 4.69) is 34.1 Å². The molecule has 1 fully saturated rings. The number of aromatic nitrogens is 1. The Morgan fingerprint density at radius 3 is 2.56 bits per heavy atom. The number of nitrogens with zero attached hydrogens (tertiary/aromatic N) is 3. The molecule has 1 amide bonds. The van der Waals surface area contributed by atoms with Gasteiger partial charge in [0.15, 0.2) is 11.7 Å². The molecule has 0 aliphatic carbocycles. The fourth-order valence-corrected chi connectivity index (χ4v) is 3.94. The first-order valence-corrected chi connectivity index (χ1v) is 11.2. The monoisotopic (exact) mass is 433 g/mol. The zero-order chi connectivity index (χ0) is 22.3. The third-order valence-electron chi connectivity index (χ3n) is 5.79. The second kappa shape index (κ2) is 10.5. The number of aryl methyl sites for hydroxylation is 1. The summed E-state index contributed by atoms with van der Waals surface area (Å²) >= 11 is 0. The number of benzene rings is 2. The summed E-state index contributed by atoms with van der Waals surface area (Å²) in [5.41, 5.74) is 3.24. The quantitative estimate of drug-likeness (QED) is 0.496. The minimum Gasteiger partial charge on any atom is -0.441 e. The number of rotatable bonds is 9. The Balaban J connectivity index is 1.40. The number of anilines is 1. The molecule has 168 valence electrons. The molecule has 2 heterocycles. The summed E-state index contributed by atoms with van der Waals surface area (Å²) < 4.78 is 11.7. The molecule has 1 unspecified atom stereocenters. The van der Waals surface area contributed by atoms with Gasteiger partial charge in [0.05, 0.1) is 12.3 Å². The van der Waals surface area contributed by atoms with Crippen LogP contribution in [0.4, 0.5) is 5.69 Å². The molecule has 6 nitrogen and oxygen atoms in total. The Bertz CT molecular complexity index is 993. The molecule has 2 aromatic carbocycles. The van der Waals surface area contributed by atoms with Crippen LogP contribution >= 0.6 is 0 Å². The maximum atomic E-state index is 13.2. The van der Waals surface area contributed by atoms with Crippen molar-refractivity contribution in [2.24, 2.45) is 0 Å². The van der Waals surface area contributed by atoms with E-state index in [1.54, 1.807) is 6.20 Å². The molecule has 1 aromatic heterocycles. The summed E-state index contributed by atoms with van der Waals surface area (Å²) in [5, 5.41) is 0. The van der Waals surface area contributed by atoms with E-state index < -0.39 is 0 Å². The average Bonchev–Trinajstić information content (AvgIpc) is 3.50. The van der Waals surface area contributed by atoms with Crippen molar-refractivity contribution in [1.82, 2.24) is 9.88 Å². The Labute approximate surface area is 189 Å². The van der Waals surface area contributed by atoms with E-state index in [1.165, 1.54) is 0 Å². The minimum atomic E-state index is 0.0941. The van der Waals surface area contributed by atoms with Gasteiger partial charge in [0.25, 0.3) is 0 Å². The lowest BCUT2D eigenvalue weighted by Crippen LogP contribution is -2.37. The molecule has 6 heteroatoms. The van der Waals surface area contributed by atoms with E-state index in [1.807, 2.05) is 49.3 Å². The van der Waals surface area contributed by atoms with Crippen LogP contribution in [-0.2, 0) is 22.5 Å². The van der Waals surface area contributed by atoms with Crippen LogP contribution in [0.1, 0.15) is 30.7 Å². The van der Waals surface area contributed by atoms with Crippen LogP contribution in [0.3, 0.4) is 0 Å². The van der Waals surface area contributed by atoms with E-state index in [-0.39, 0.29) is 12.0 Å². The molecular weight excluding hydrogens is 402 g/mol. The third kappa shape index (κ3) is 5.77. The highest BCUT2D eigenvalue weighted by atomic mass is 16.5. The van der Waals surface area contributed by atoms with Gasteiger partial charge in [-0.3, -0.25) is 4.79 Å². The van der Waals surface area contributed by atoms with Crippen molar-refractivity contribution in [2.45, 2.75) is 38.3 Å². The topological polar surface area (TPSA) is 58.8 Å². The van der Waals surface area contributed by atoms with Crippen LogP contribution in [-0.4, -0.2) is 49.1 Å². The van der Waals surface area contributed by atoms with Crippen molar-refractivity contribution >= 4 is 11.6 Å². The van der Waals surface area contributed by atoms with Crippen LogP contribution in [0.5, 0.6) is 0 Å². The first-order chi connectivity index (χ1) is 15.6. The first kappa shape index (κ1) is 22.1. The van der Waals surface area contributed by atoms with Gasteiger partial charge in [-0.05, 0) is 30.5 Å². The van der Waals surface area contributed by atoms with Crippen molar-refractivity contribution in [3.8, 4) is 11.3 Å². The Kier molecular flexibility index (Phi) is 7.22. The largest absolute Gasteiger partial charge is 0.441 e. The Morgan fingerprint density at radius 2 is 1.88 bits per heavy atom. The summed E-state index contributed by atoms with van der Waals surface area (Å²) in [7, 11) is 4.04. The van der Waals surface area contributed by atoms with Gasteiger partial charge in [-0.15, -0.1) is 0 Å². The Morgan fingerprint density at radius 1 is 1.09 bits per heavy atom. The van der Waals surface area contributed by atoms with Gasteiger partial charge in [-0.2, -0.15) is 0 Å². The van der Waals surface area contributed by atoms with E-state index in [9.17, 15) is 4.79 Å². The number of oxazole rings is 1. The molecule has 0 spiro atoms. The van der Waals surface area contributed by atoms with Gasteiger partial charge < -0.3 is 19.0 Å². The molecule has 0 bridgehead atoms. The maximum Gasteiger partial charge on any atom is 0.223 e. The fourth-order valence-electron chi connectivity index (χ4n) is 3.94. The first-order valence-electron chi connectivity index (χ1n) is 11.2. The third-order valence-corrected chi connectivity index (χ3v) is 5.79. The number of hydrogen-bond acceptors (Lipinski definition) is 5. The molecule has 4 rings (SSSR count). The average molecular weight is 434 g/mol. The molecule has 1 aliphatic rings. The van der Waals surface area contributed by atoms with Crippen LogP contribution < -0.4 is 4.90 Å². The standard InChI is InChI=1S/C26H31N3O3/c1-28(2)22-12-10-20(11-13-22)18-29(19-23-9-6-16-31-23)26(30)15-14-25-27-17-24(32-25)21-7-4-3-5-8-21/h3-5,7-8,10-13,17,23H,6,9,14-16,18-19H2,1-2H3. The lowest BCUT2D eigenvalue weighted by Gasteiger charge is -2.26. The predicted octanol–water partition coefficient (Wildman–Crippen LogP) is 4.55. The molecule has 0 saturated carbocycles. The van der Waals surface area contributed by atoms with E-state index in [4.69, 9.17) is 9.15 Å². The summed E-state index contributed by atoms with van der Waals surface area (Å²) in [6.45, 7) is 1.98. The smallest absolute Gasteiger partial charge is 0.223 e.